The second kappa shape index (κ2) is 8.14. The van der Waals surface area contributed by atoms with Gasteiger partial charge in [0.25, 0.3) is 0 Å². The molecule has 2 rings (SSSR count). The van der Waals surface area contributed by atoms with Gasteiger partial charge in [-0.05, 0) is 48.9 Å². The molecular formula is C16H17ClN2O4S. The summed E-state index contributed by atoms with van der Waals surface area (Å²) in [5, 5.41) is 3.08. The fourth-order valence-corrected chi connectivity index (χ4v) is 3.01. The van der Waals surface area contributed by atoms with E-state index in [0.29, 0.717) is 10.7 Å². The van der Waals surface area contributed by atoms with E-state index in [-0.39, 0.29) is 18.0 Å². The Morgan fingerprint density at radius 3 is 2.29 bits per heavy atom. The van der Waals surface area contributed by atoms with Gasteiger partial charge < -0.3 is 4.74 Å². The van der Waals surface area contributed by atoms with Gasteiger partial charge in [-0.25, -0.2) is 17.9 Å². The first kappa shape index (κ1) is 18.3. The highest BCUT2D eigenvalue weighted by Crippen LogP contribution is 2.15. The van der Waals surface area contributed by atoms with Crippen LogP contribution < -0.4 is 10.0 Å². The van der Waals surface area contributed by atoms with Crippen molar-refractivity contribution in [2.75, 3.05) is 11.9 Å². The fraction of sp³-hybridized carbons (Fsp3) is 0.188. The molecule has 0 aliphatic carbocycles. The summed E-state index contributed by atoms with van der Waals surface area (Å²) in [5.74, 6) is 0. The van der Waals surface area contributed by atoms with Crippen LogP contribution in [0.2, 0.25) is 5.02 Å². The molecule has 24 heavy (non-hydrogen) atoms. The lowest BCUT2D eigenvalue weighted by Gasteiger charge is -2.09. The average molecular weight is 369 g/mol. The number of rotatable bonds is 6. The summed E-state index contributed by atoms with van der Waals surface area (Å²) < 4.78 is 31.8. The lowest BCUT2D eigenvalue weighted by molar-refractivity contribution is 0.168. The number of nitrogens with one attached hydrogen (secondary N) is 2. The van der Waals surface area contributed by atoms with Gasteiger partial charge in [0.05, 0.1) is 11.5 Å². The molecule has 6 nitrogen and oxygen atoms in total. The maximum Gasteiger partial charge on any atom is 0.411 e. The third-order valence-corrected chi connectivity index (χ3v) is 4.74. The predicted molar refractivity (Wildman–Crippen MR) is 92.6 cm³/mol. The Labute approximate surface area is 145 Å². The van der Waals surface area contributed by atoms with Gasteiger partial charge in [0.2, 0.25) is 10.0 Å². The zero-order chi connectivity index (χ0) is 17.6. The van der Waals surface area contributed by atoms with E-state index >= 15 is 0 Å². The monoisotopic (exact) mass is 368 g/mol. The number of sulfonamides is 1. The van der Waals surface area contributed by atoms with Crippen LogP contribution in [-0.2, 0) is 21.3 Å². The van der Waals surface area contributed by atoms with E-state index in [1.807, 2.05) is 0 Å². The van der Waals surface area contributed by atoms with Crippen molar-refractivity contribution in [3.05, 3.63) is 59.1 Å². The molecule has 2 aromatic rings. The van der Waals surface area contributed by atoms with Gasteiger partial charge in [0, 0.05) is 17.3 Å². The van der Waals surface area contributed by atoms with Crippen molar-refractivity contribution in [1.29, 1.82) is 0 Å². The Morgan fingerprint density at radius 2 is 1.71 bits per heavy atom. The number of benzene rings is 2. The standard InChI is InChI=1S/C16H17ClN2O4S/c1-2-23-16(20)19-14-7-9-15(10-8-14)24(21,22)18-11-12-3-5-13(17)6-4-12/h3-10,18H,2,11H2,1H3,(H,19,20). The number of carbonyl (C=O) groups is 1. The molecule has 2 aromatic carbocycles. The van der Waals surface area contributed by atoms with E-state index in [1.54, 1.807) is 31.2 Å². The molecule has 0 bridgehead atoms. The minimum Gasteiger partial charge on any atom is -0.450 e. The Hall–Kier alpha value is -2.09. The van der Waals surface area contributed by atoms with Crippen molar-refractivity contribution in [1.82, 2.24) is 4.72 Å². The van der Waals surface area contributed by atoms with E-state index in [4.69, 9.17) is 16.3 Å². The van der Waals surface area contributed by atoms with Gasteiger partial charge >= 0.3 is 6.09 Å². The Kier molecular flexibility index (Phi) is 6.19. The largest absolute Gasteiger partial charge is 0.450 e. The van der Waals surface area contributed by atoms with Crippen molar-refractivity contribution in [3.63, 3.8) is 0 Å². The third-order valence-electron chi connectivity index (χ3n) is 3.07. The van der Waals surface area contributed by atoms with Crippen molar-refractivity contribution in [2.24, 2.45) is 0 Å². The number of hydrogen-bond donors (Lipinski definition) is 2. The van der Waals surface area contributed by atoms with Crippen LogP contribution in [0.1, 0.15) is 12.5 Å². The summed E-state index contributed by atoms with van der Waals surface area (Å²) in [6, 6.07) is 12.7. The van der Waals surface area contributed by atoms with Gasteiger partial charge in [0.1, 0.15) is 0 Å². The molecule has 1 amide bonds. The molecule has 128 valence electrons. The fourth-order valence-electron chi connectivity index (χ4n) is 1.87. The smallest absolute Gasteiger partial charge is 0.411 e. The Balaban J connectivity index is 2.01. The Bertz CT molecular complexity index is 790. The highest BCUT2D eigenvalue weighted by molar-refractivity contribution is 7.89. The number of halogens is 1. The molecule has 0 atom stereocenters. The van der Waals surface area contributed by atoms with Crippen molar-refractivity contribution in [3.8, 4) is 0 Å². The molecule has 0 saturated carbocycles. The minimum atomic E-state index is -3.65. The van der Waals surface area contributed by atoms with E-state index in [0.717, 1.165) is 5.56 Å². The second-order valence-electron chi connectivity index (χ2n) is 4.82. The molecule has 0 fully saturated rings. The van der Waals surface area contributed by atoms with E-state index < -0.39 is 16.1 Å². The Morgan fingerprint density at radius 1 is 1.08 bits per heavy atom. The maximum absolute atomic E-state index is 12.3. The van der Waals surface area contributed by atoms with Crippen molar-refractivity contribution < 1.29 is 17.9 Å². The van der Waals surface area contributed by atoms with E-state index in [1.165, 1.54) is 24.3 Å². The second-order valence-corrected chi connectivity index (χ2v) is 7.02. The number of ether oxygens (including phenoxy) is 1. The molecule has 0 radical (unpaired) electrons. The molecule has 0 aliphatic heterocycles. The quantitative estimate of drug-likeness (QED) is 0.818. The van der Waals surface area contributed by atoms with Crippen LogP contribution in [0.4, 0.5) is 10.5 Å². The average Bonchev–Trinajstić information content (AvgIpc) is 2.55. The lowest BCUT2D eigenvalue weighted by Crippen LogP contribution is -2.23. The SMILES string of the molecule is CCOC(=O)Nc1ccc(S(=O)(=O)NCc2ccc(Cl)cc2)cc1. The third kappa shape index (κ3) is 5.23. The van der Waals surface area contributed by atoms with Crippen LogP contribution >= 0.6 is 11.6 Å². The molecule has 8 heteroatoms. The van der Waals surface area contributed by atoms with Crippen LogP contribution in [0.15, 0.2) is 53.4 Å². The summed E-state index contributed by atoms with van der Waals surface area (Å²) in [4.78, 5) is 11.4. The molecule has 0 aromatic heterocycles. The zero-order valence-corrected chi connectivity index (χ0v) is 14.5. The molecule has 0 spiro atoms. The van der Waals surface area contributed by atoms with Crippen LogP contribution in [0.3, 0.4) is 0 Å². The summed E-state index contributed by atoms with van der Waals surface area (Å²) in [6.07, 6.45) is -0.589. The van der Waals surface area contributed by atoms with Gasteiger partial charge in [-0.3, -0.25) is 5.32 Å². The molecule has 0 heterocycles. The van der Waals surface area contributed by atoms with E-state index in [2.05, 4.69) is 10.0 Å². The molecule has 2 N–H and O–H groups in total. The van der Waals surface area contributed by atoms with Crippen LogP contribution in [-0.4, -0.2) is 21.1 Å². The van der Waals surface area contributed by atoms with Crippen LogP contribution in [0, 0.1) is 0 Å². The number of amides is 1. The van der Waals surface area contributed by atoms with Crippen molar-refractivity contribution in [2.45, 2.75) is 18.4 Å². The predicted octanol–water partition coefficient (Wildman–Crippen LogP) is 3.39. The van der Waals surface area contributed by atoms with Gasteiger partial charge in [-0.2, -0.15) is 0 Å². The number of anilines is 1. The molecule has 0 saturated heterocycles. The first-order valence-electron chi connectivity index (χ1n) is 7.18. The minimum absolute atomic E-state index is 0.103. The first-order valence-corrected chi connectivity index (χ1v) is 9.05. The summed E-state index contributed by atoms with van der Waals surface area (Å²) in [7, 11) is -3.65. The molecule has 0 unspecified atom stereocenters. The highest BCUT2D eigenvalue weighted by atomic mass is 35.5. The summed E-state index contributed by atoms with van der Waals surface area (Å²) >= 11 is 5.79. The van der Waals surface area contributed by atoms with Gasteiger partial charge in [0.15, 0.2) is 0 Å². The molecular weight excluding hydrogens is 352 g/mol. The topological polar surface area (TPSA) is 84.5 Å². The van der Waals surface area contributed by atoms with Gasteiger partial charge in [-0.1, -0.05) is 23.7 Å². The van der Waals surface area contributed by atoms with Crippen LogP contribution in [0.5, 0.6) is 0 Å². The van der Waals surface area contributed by atoms with Crippen molar-refractivity contribution >= 4 is 33.4 Å². The summed E-state index contributed by atoms with van der Waals surface area (Å²) in [6.45, 7) is 2.11. The van der Waals surface area contributed by atoms with E-state index in [9.17, 15) is 13.2 Å². The maximum atomic E-state index is 12.3. The highest BCUT2D eigenvalue weighted by Gasteiger charge is 2.14. The van der Waals surface area contributed by atoms with Crippen LogP contribution in [0.25, 0.3) is 0 Å². The lowest BCUT2D eigenvalue weighted by atomic mass is 10.2. The number of carbonyl (C=O) groups excluding carboxylic acids is 1. The normalized spacial score (nSPS) is 11.1. The number of hydrogen-bond acceptors (Lipinski definition) is 4. The zero-order valence-electron chi connectivity index (χ0n) is 13.0. The summed E-state index contributed by atoms with van der Waals surface area (Å²) in [5.41, 5.74) is 1.24. The molecule has 0 aliphatic rings. The first-order chi connectivity index (χ1) is 11.4. The van der Waals surface area contributed by atoms with Gasteiger partial charge in [-0.15, -0.1) is 0 Å².